The summed E-state index contributed by atoms with van der Waals surface area (Å²) >= 11 is 1.81. The summed E-state index contributed by atoms with van der Waals surface area (Å²) in [4.78, 5) is 0. The van der Waals surface area contributed by atoms with E-state index in [2.05, 4.69) is 24.3 Å². The van der Waals surface area contributed by atoms with Crippen LogP contribution in [0.5, 0.6) is 0 Å². The van der Waals surface area contributed by atoms with E-state index in [1.165, 1.54) is 0 Å². The van der Waals surface area contributed by atoms with Crippen LogP contribution in [0.15, 0.2) is 60.7 Å². The van der Waals surface area contributed by atoms with Crippen LogP contribution in [0.2, 0.25) is 0 Å². The van der Waals surface area contributed by atoms with Gasteiger partial charge in [0.15, 0.2) is 5.34 Å². The molecule has 158 valence electrons. The molecule has 0 bridgehead atoms. The predicted molar refractivity (Wildman–Crippen MR) is 120 cm³/mol. The minimum Gasteiger partial charge on any atom is -0.377 e. The summed E-state index contributed by atoms with van der Waals surface area (Å²) in [6.45, 7) is 4.54. The molecule has 3 rings (SSSR count). The summed E-state index contributed by atoms with van der Waals surface area (Å²) < 4.78 is 25.4. The lowest BCUT2D eigenvalue weighted by molar-refractivity contribution is 0.0464. The molecular formula is C23H31O4PS. The van der Waals surface area contributed by atoms with Crippen LogP contribution in [0.3, 0.4) is 0 Å². The van der Waals surface area contributed by atoms with Crippen molar-refractivity contribution in [3.8, 4) is 0 Å². The summed E-state index contributed by atoms with van der Waals surface area (Å²) in [6, 6.07) is 20.2. The van der Waals surface area contributed by atoms with E-state index < -0.39 is 12.9 Å². The van der Waals surface area contributed by atoms with Gasteiger partial charge in [-0.1, -0.05) is 74.5 Å². The number of rotatable bonds is 9. The topological polar surface area (TPSA) is 55.8 Å². The molecule has 2 aromatic rings. The third-order valence-corrected chi connectivity index (χ3v) is 9.10. The van der Waals surface area contributed by atoms with Crippen LogP contribution in [0.1, 0.15) is 61.2 Å². The van der Waals surface area contributed by atoms with Gasteiger partial charge in [-0.05, 0) is 24.0 Å². The number of thioether (sulfide) groups is 1. The van der Waals surface area contributed by atoms with Gasteiger partial charge in [0.2, 0.25) is 0 Å². The lowest BCUT2D eigenvalue weighted by atomic mass is 9.98. The summed E-state index contributed by atoms with van der Waals surface area (Å²) in [5.41, 5.74) is 2.24. The smallest absolute Gasteiger partial charge is 0.362 e. The van der Waals surface area contributed by atoms with Gasteiger partial charge in [0, 0.05) is 23.3 Å². The van der Waals surface area contributed by atoms with Crippen LogP contribution < -0.4 is 0 Å². The van der Waals surface area contributed by atoms with Crippen molar-refractivity contribution in [1.82, 2.24) is 0 Å². The largest absolute Gasteiger partial charge is 0.377 e. The van der Waals surface area contributed by atoms with E-state index in [-0.39, 0.29) is 10.5 Å². The van der Waals surface area contributed by atoms with Gasteiger partial charge >= 0.3 is 7.60 Å². The molecule has 0 aromatic heterocycles. The fourth-order valence-electron chi connectivity index (χ4n) is 3.62. The molecule has 1 heterocycles. The highest BCUT2D eigenvalue weighted by molar-refractivity contribution is 7.99. The second-order valence-electron chi connectivity index (χ2n) is 7.49. The van der Waals surface area contributed by atoms with E-state index in [9.17, 15) is 9.67 Å². The Balaban J connectivity index is 1.98. The summed E-state index contributed by atoms with van der Waals surface area (Å²) in [6.07, 6.45) is 2.12. The number of hydrogen-bond donors (Lipinski definition) is 1. The molecule has 0 aliphatic carbocycles. The van der Waals surface area contributed by atoms with Gasteiger partial charge in [0.25, 0.3) is 0 Å². The van der Waals surface area contributed by atoms with Gasteiger partial charge in [0.05, 0.1) is 13.2 Å². The second-order valence-corrected chi connectivity index (χ2v) is 11.2. The van der Waals surface area contributed by atoms with Gasteiger partial charge in [-0.25, -0.2) is 0 Å². The van der Waals surface area contributed by atoms with Gasteiger partial charge in [0.1, 0.15) is 0 Å². The van der Waals surface area contributed by atoms with Gasteiger partial charge in [-0.3, -0.25) is 4.57 Å². The maximum absolute atomic E-state index is 13.9. The highest BCUT2D eigenvalue weighted by Crippen LogP contribution is 2.69. The fraction of sp³-hybridized carbons (Fsp3) is 0.478. The third kappa shape index (κ3) is 5.34. The first kappa shape index (κ1) is 22.6. The highest BCUT2D eigenvalue weighted by Gasteiger charge is 2.55. The first-order valence-corrected chi connectivity index (χ1v) is 12.9. The quantitative estimate of drug-likeness (QED) is 0.443. The van der Waals surface area contributed by atoms with Crippen molar-refractivity contribution < 1.29 is 18.7 Å². The Labute approximate surface area is 178 Å². The monoisotopic (exact) mass is 434 g/mol. The zero-order valence-electron chi connectivity index (χ0n) is 17.2. The van der Waals surface area contributed by atoms with Gasteiger partial charge in [-0.15, -0.1) is 11.8 Å². The zero-order chi connectivity index (χ0) is 20.7. The van der Waals surface area contributed by atoms with Crippen LogP contribution in [-0.4, -0.2) is 23.7 Å². The minimum absolute atomic E-state index is 0.00364. The summed E-state index contributed by atoms with van der Waals surface area (Å²) in [5, 5.41) is 10.3. The molecule has 0 amide bonds. The van der Waals surface area contributed by atoms with Crippen molar-refractivity contribution in [2.45, 2.75) is 55.4 Å². The minimum atomic E-state index is -3.71. The Morgan fingerprint density at radius 1 is 0.897 bits per heavy atom. The molecule has 6 heteroatoms. The molecule has 0 spiro atoms. The molecule has 1 N–H and O–H groups in total. The Morgan fingerprint density at radius 3 is 1.69 bits per heavy atom. The van der Waals surface area contributed by atoms with Crippen LogP contribution in [0.4, 0.5) is 0 Å². The zero-order valence-corrected chi connectivity index (χ0v) is 18.9. The van der Waals surface area contributed by atoms with Crippen LogP contribution in [0, 0.1) is 0 Å². The molecule has 29 heavy (non-hydrogen) atoms. The molecule has 2 atom stereocenters. The molecule has 1 fully saturated rings. The van der Waals surface area contributed by atoms with E-state index >= 15 is 0 Å². The Kier molecular flexibility index (Phi) is 8.00. The van der Waals surface area contributed by atoms with Crippen molar-refractivity contribution in [2.75, 3.05) is 13.2 Å². The summed E-state index contributed by atoms with van der Waals surface area (Å²) in [7, 11) is -3.71. The standard InChI is InChI=1S/C23H31O4PS/c1-3-15-26-28(25,27-16-4-2)23(24)17-21(19-11-7-5-8-12-19)29-22(18-23)20-13-9-6-10-14-20/h5-14,21-22,24H,3-4,15-18H2,1-2H3. The van der Waals surface area contributed by atoms with Crippen molar-refractivity contribution in [2.24, 2.45) is 0 Å². The highest BCUT2D eigenvalue weighted by atomic mass is 32.2. The normalized spacial score (nSPS) is 25.1. The van der Waals surface area contributed by atoms with E-state index in [0.717, 1.165) is 11.1 Å². The average Bonchev–Trinajstić information content (AvgIpc) is 2.77. The number of hydrogen-bond acceptors (Lipinski definition) is 5. The first-order valence-electron chi connectivity index (χ1n) is 10.4. The molecule has 4 nitrogen and oxygen atoms in total. The van der Waals surface area contributed by atoms with Crippen LogP contribution in [0.25, 0.3) is 0 Å². The maximum Gasteiger partial charge on any atom is 0.362 e. The lowest BCUT2D eigenvalue weighted by Gasteiger charge is -2.43. The molecule has 0 radical (unpaired) electrons. The summed E-state index contributed by atoms with van der Waals surface area (Å²) in [5.74, 6) is 0. The van der Waals surface area contributed by atoms with Gasteiger partial charge in [-0.2, -0.15) is 0 Å². The molecule has 0 saturated carbocycles. The number of benzene rings is 2. The number of aliphatic hydroxyl groups is 1. The average molecular weight is 435 g/mol. The molecule has 1 aliphatic rings. The predicted octanol–water partition coefficient (Wildman–Crippen LogP) is 6.73. The van der Waals surface area contributed by atoms with Crippen molar-refractivity contribution in [3.05, 3.63) is 71.8 Å². The van der Waals surface area contributed by atoms with E-state index in [1.54, 1.807) is 0 Å². The van der Waals surface area contributed by atoms with Crippen molar-refractivity contribution in [1.29, 1.82) is 0 Å². The van der Waals surface area contributed by atoms with Crippen LogP contribution in [-0.2, 0) is 13.6 Å². The molecule has 2 unspecified atom stereocenters. The Hall–Kier alpha value is -1.10. The van der Waals surface area contributed by atoms with E-state index in [0.29, 0.717) is 38.9 Å². The third-order valence-electron chi connectivity index (χ3n) is 5.14. The van der Waals surface area contributed by atoms with E-state index in [4.69, 9.17) is 9.05 Å². The second kappa shape index (κ2) is 10.3. The van der Waals surface area contributed by atoms with E-state index in [1.807, 2.05) is 62.0 Å². The first-order chi connectivity index (χ1) is 14.0. The Morgan fingerprint density at radius 2 is 1.31 bits per heavy atom. The van der Waals surface area contributed by atoms with Crippen molar-refractivity contribution >= 4 is 19.4 Å². The Bertz CT molecular complexity index is 740. The SMILES string of the molecule is CCCOP(=O)(OCCC)C1(O)CC(c2ccccc2)SC(c2ccccc2)C1. The lowest BCUT2D eigenvalue weighted by Crippen LogP contribution is -2.37. The molecule has 2 aromatic carbocycles. The fourth-order valence-corrected chi connectivity index (χ4v) is 7.85. The molecule has 1 saturated heterocycles. The van der Waals surface area contributed by atoms with Crippen molar-refractivity contribution in [3.63, 3.8) is 0 Å². The van der Waals surface area contributed by atoms with Gasteiger partial charge < -0.3 is 14.2 Å². The van der Waals surface area contributed by atoms with Crippen LogP contribution >= 0.6 is 19.4 Å². The maximum atomic E-state index is 13.9. The molecular weight excluding hydrogens is 403 g/mol. The molecule has 1 aliphatic heterocycles.